The number of carbonyl (C=O) groups excluding carboxylic acids is 1. The van der Waals surface area contributed by atoms with E-state index in [-0.39, 0.29) is 17.1 Å². The first kappa shape index (κ1) is 15.5. The fraction of sp³-hybridized carbons (Fsp3) is 0.611. The summed E-state index contributed by atoms with van der Waals surface area (Å²) in [5.74, 6) is -0.147. The molecule has 1 saturated carbocycles. The summed E-state index contributed by atoms with van der Waals surface area (Å²) in [6.07, 6.45) is 4.41. The molecular formula is C18H25FN2O. The van der Waals surface area contributed by atoms with Crippen LogP contribution in [0.2, 0.25) is 0 Å². The third kappa shape index (κ3) is 2.43. The van der Waals surface area contributed by atoms with Crippen LogP contribution in [0.5, 0.6) is 0 Å². The van der Waals surface area contributed by atoms with Crippen molar-refractivity contribution in [3.05, 3.63) is 35.6 Å². The van der Waals surface area contributed by atoms with Gasteiger partial charge in [-0.05, 0) is 37.3 Å². The van der Waals surface area contributed by atoms with Gasteiger partial charge in [-0.2, -0.15) is 0 Å². The Balaban J connectivity index is 1.92. The number of nitrogens with zero attached hydrogens (tertiary/aromatic N) is 1. The molecule has 0 radical (unpaired) electrons. The lowest BCUT2D eigenvalue weighted by Crippen LogP contribution is -2.46. The number of nitrogens with two attached hydrogens (primary N) is 1. The number of likely N-dealkylation sites (tertiary alicyclic amines) is 1. The third-order valence-corrected chi connectivity index (χ3v) is 5.59. The molecule has 1 aromatic carbocycles. The predicted molar refractivity (Wildman–Crippen MR) is 84.9 cm³/mol. The molecular weight excluding hydrogens is 279 g/mol. The molecule has 3 rings (SSSR count). The van der Waals surface area contributed by atoms with Gasteiger partial charge in [-0.3, -0.25) is 4.79 Å². The maximum Gasteiger partial charge on any atom is 0.233 e. The van der Waals surface area contributed by atoms with Crippen molar-refractivity contribution in [2.24, 2.45) is 11.1 Å². The summed E-state index contributed by atoms with van der Waals surface area (Å²) < 4.78 is 14.4. The molecule has 3 nitrogen and oxygen atoms in total. The number of halogens is 1. The molecule has 2 N–H and O–H groups in total. The molecule has 0 spiro atoms. The maximum absolute atomic E-state index is 14.4. The molecule has 4 heteroatoms. The van der Waals surface area contributed by atoms with E-state index in [0.29, 0.717) is 18.7 Å². The summed E-state index contributed by atoms with van der Waals surface area (Å²) in [7, 11) is 0. The number of carbonyl (C=O) groups is 1. The number of rotatable bonds is 3. The van der Waals surface area contributed by atoms with Gasteiger partial charge in [0, 0.05) is 18.7 Å². The maximum atomic E-state index is 14.4. The van der Waals surface area contributed by atoms with Crippen LogP contribution in [0.3, 0.4) is 0 Å². The van der Waals surface area contributed by atoms with Crippen LogP contribution in [0.25, 0.3) is 0 Å². The van der Waals surface area contributed by atoms with Crippen molar-refractivity contribution in [1.29, 1.82) is 0 Å². The lowest BCUT2D eigenvalue weighted by Gasteiger charge is -2.34. The van der Waals surface area contributed by atoms with Crippen LogP contribution < -0.4 is 5.73 Å². The first-order valence-electron chi connectivity index (χ1n) is 8.25. The Morgan fingerprint density at radius 3 is 2.55 bits per heavy atom. The zero-order chi connectivity index (χ0) is 15.8. The molecule has 22 heavy (non-hydrogen) atoms. The molecule has 120 valence electrons. The Kier molecular flexibility index (Phi) is 3.98. The van der Waals surface area contributed by atoms with Gasteiger partial charge < -0.3 is 10.6 Å². The van der Waals surface area contributed by atoms with Gasteiger partial charge in [0.05, 0.1) is 5.41 Å². The summed E-state index contributed by atoms with van der Waals surface area (Å²) in [5.41, 5.74) is 5.78. The molecule has 1 aromatic rings. The predicted octanol–water partition coefficient (Wildman–Crippen LogP) is 2.83. The van der Waals surface area contributed by atoms with E-state index in [1.54, 1.807) is 12.1 Å². The van der Waals surface area contributed by atoms with Crippen molar-refractivity contribution in [3.8, 4) is 0 Å². The zero-order valence-corrected chi connectivity index (χ0v) is 13.3. The Labute approximate surface area is 131 Å². The number of amides is 1. The summed E-state index contributed by atoms with van der Waals surface area (Å²) in [5, 5.41) is 0. The second kappa shape index (κ2) is 5.65. The molecule has 1 heterocycles. The number of hydrogen-bond donors (Lipinski definition) is 1. The van der Waals surface area contributed by atoms with Gasteiger partial charge in [-0.15, -0.1) is 0 Å². The van der Waals surface area contributed by atoms with Crippen LogP contribution >= 0.6 is 0 Å². The van der Waals surface area contributed by atoms with E-state index in [0.717, 1.165) is 38.6 Å². The molecule has 0 aromatic heterocycles. The molecule has 1 aliphatic heterocycles. The van der Waals surface area contributed by atoms with E-state index in [2.05, 4.69) is 6.92 Å². The molecule has 1 unspecified atom stereocenters. The van der Waals surface area contributed by atoms with E-state index < -0.39 is 5.41 Å². The van der Waals surface area contributed by atoms with Crippen molar-refractivity contribution in [3.63, 3.8) is 0 Å². The van der Waals surface area contributed by atoms with Gasteiger partial charge in [-0.25, -0.2) is 4.39 Å². The molecule has 1 atom stereocenters. The van der Waals surface area contributed by atoms with Crippen molar-refractivity contribution in [2.45, 2.75) is 44.4 Å². The minimum atomic E-state index is -0.662. The van der Waals surface area contributed by atoms with Crippen LogP contribution in [0.4, 0.5) is 4.39 Å². The highest BCUT2D eigenvalue weighted by molar-refractivity contribution is 5.89. The molecule has 1 saturated heterocycles. The largest absolute Gasteiger partial charge is 0.341 e. The lowest BCUT2D eigenvalue weighted by atomic mass is 9.77. The van der Waals surface area contributed by atoms with Crippen LogP contribution in [-0.4, -0.2) is 30.4 Å². The highest BCUT2D eigenvalue weighted by atomic mass is 19.1. The third-order valence-electron chi connectivity index (χ3n) is 5.59. The molecule has 1 amide bonds. The molecule has 0 bridgehead atoms. The topological polar surface area (TPSA) is 46.3 Å². The normalized spacial score (nSPS) is 27.3. The van der Waals surface area contributed by atoms with E-state index >= 15 is 0 Å². The van der Waals surface area contributed by atoms with Gasteiger partial charge in [0.2, 0.25) is 5.91 Å². The summed E-state index contributed by atoms with van der Waals surface area (Å²) in [4.78, 5) is 15.2. The standard InChI is InChI=1S/C18H25FN2O/c1-17(12-20)10-11-21(13-17)16(22)18(8-4-5-9-18)14-6-2-3-7-15(14)19/h2-3,6-7H,4-5,8-13,20H2,1H3. The van der Waals surface area contributed by atoms with Crippen LogP contribution in [0.15, 0.2) is 24.3 Å². The lowest BCUT2D eigenvalue weighted by molar-refractivity contribution is -0.136. The second-order valence-electron chi connectivity index (χ2n) is 7.26. The van der Waals surface area contributed by atoms with E-state index in [9.17, 15) is 9.18 Å². The van der Waals surface area contributed by atoms with E-state index in [4.69, 9.17) is 5.73 Å². The van der Waals surface area contributed by atoms with Crippen molar-refractivity contribution in [2.75, 3.05) is 19.6 Å². The Morgan fingerprint density at radius 2 is 1.95 bits per heavy atom. The smallest absolute Gasteiger partial charge is 0.233 e. The fourth-order valence-electron chi connectivity index (χ4n) is 4.09. The van der Waals surface area contributed by atoms with Gasteiger partial charge in [0.15, 0.2) is 0 Å². The Hall–Kier alpha value is -1.42. The van der Waals surface area contributed by atoms with Crippen molar-refractivity contribution < 1.29 is 9.18 Å². The summed E-state index contributed by atoms with van der Waals surface area (Å²) >= 11 is 0. The second-order valence-corrected chi connectivity index (χ2v) is 7.26. The number of hydrogen-bond acceptors (Lipinski definition) is 2. The SMILES string of the molecule is CC1(CN)CCN(C(=O)C2(c3ccccc3F)CCCC2)C1. The first-order valence-corrected chi connectivity index (χ1v) is 8.25. The monoisotopic (exact) mass is 304 g/mol. The molecule has 2 fully saturated rings. The average Bonchev–Trinajstić information content (AvgIpc) is 3.15. The van der Waals surface area contributed by atoms with Crippen molar-refractivity contribution in [1.82, 2.24) is 4.90 Å². The first-order chi connectivity index (χ1) is 10.5. The minimum absolute atomic E-state index is 0.00465. The zero-order valence-electron chi connectivity index (χ0n) is 13.3. The quantitative estimate of drug-likeness (QED) is 0.933. The van der Waals surface area contributed by atoms with Crippen molar-refractivity contribution >= 4 is 5.91 Å². The van der Waals surface area contributed by atoms with Gasteiger partial charge in [0.1, 0.15) is 5.82 Å². The van der Waals surface area contributed by atoms with E-state index in [1.807, 2.05) is 11.0 Å². The highest BCUT2D eigenvalue weighted by Crippen LogP contribution is 2.45. The molecule has 1 aliphatic carbocycles. The average molecular weight is 304 g/mol. The molecule has 2 aliphatic rings. The van der Waals surface area contributed by atoms with Gasteiger partial charge in [-0.1, -0.05) is 38.0 Å². The highest BCUT2D eigenvalue weighted by Gasteiger charge is 2.48. The fourth-order valence-corrected chi connectivity index (χ4v) is 4.09. The Morgan fingerprint density at radius 1 is 1.27 bits per heavy atom. The Bertz CT molecular complexity index is 568. The minimum Gasteiger partial charge on any atom is -0.341 e. The summed E-state index contributed by atoms with van der Waals surface area (Å²) in [6, 6.07) is 6.78. The van der Waals surface area contributed by atoms with E-state index in [1.165, 1.54) is 6.07 Å². The van der Waals surface area contributed by atoms with Crippen LogP contribution in [-0.2, 0) is 10.2 Å². The van der Waals surface area contributed by atoms with Gasteiger partial charge in [0.25, 0.3) is 0 Å². The van der Waals surface area contributed by atoms with Crippen LogP contribution in [0.1, 0.15) is 44.6 Å². The van der Waals surface area contributed by atoms with Gasteiger partial charge >= 0.3 is 0 Å². The van der Waals surface area contributed by atoms with Crippen LogP contribution in [0, 0.1) is 11.2 Å². The number of benzene rings is 1. The summed E-state index contributed by atoms with van der Waals surface area (Å²) in [6.45, 7) is 4.15.